The van der Waals surface area contributed by atoms with Crippen LogP contribution in [-0.2, 0) is 34.6 Å². The van der Waals surface area contributed by atoms with E-state index >= 15 is 0 Å². The van der Waals surface area contributed by atoms with Crippen molar-refractivity contribution in [2.75, 3.05) is 24.3 Å². The monoisotopic (exact) mass is 908 g/mol. The molecule has 6 aromatic carbocycles. The van der Waals surface area contributed by atoms with Gasteiger partial charge in [-0.1, -0.05) is 146 Å². The summed E-state index contributed by atoms with van der Waals surface area (Å²) in [5.74, 6) is 1.27. The fraction of sp³-hybridized carbons (Fsp3) is 0.236. The zero-order valence-corrected chi connectivity index (χ0v) is 39.3. The van der Waals surface area contributed by atoms with Gasteiger partial charge in [-0.25, -0.2) is 19.3 Å². The number of hydrogen-bond donors (Lipinski definition) is 1. The fourth-order valence-electron chi connectivity index (χ4n) is 8.54. The average Bonchev–Trinajstić information content (AvgIpc) is 3.97. The van der Waals surface area contributed by atoms with Gasteiger partial charge in [0.2, 0.25) is 0 Å². The molecule has 0 aliphatic rings. The van der Waals surface area contributed by atoms with Gasteiger partial charge in [-0.2, -0.15) is 0 Å². The summed E-state index contributed by atoms with van der Waals surface area (Å²) in [4.78, 5) is 33.0. The van der Waals surface area contributed by atoms with E-state index in [1.807, 2.05) is 76.0 Å². The van der Waals surface area contributed by atoms with Crippen LogP contribution < -0.4 is 15.4 Å². The Kier molecular flexibility index (Phi) is 13.8. The number of carbonyl (C=O) groups excluding carboxylic acids is 2. The van der Waals surface area contributed by atoms with Crippen LogP contribution in [0.1, 0.15) is 85.3 Å². The molecule has 2 N–H and O–H groups in total. The lowest BCUT2D eigenvalue weighted by Crippen LogP contribution is -2.39. The van der Waals surface area contributed by atoms with E-state index in [0.717, 1.165) is 51.2 Å². The Labute approximate surface area is 397 Å². The van der Waals surface area contributed by atoms with Crippen molar-refractivity contribution in [2.24, 2.45) is 0 Å². The SMILES string of the molecule is CCCc1nc(COc2ccc(N)c(N(C)C(=O)OC(C)(C)C)c2)c(C(=O)OCC)n1Cc1ccc(-c2ccccc2-c2nnnn2C(c2ccccc2)(c2ccccc2)c2ccccc2)cc1. The molecule has 1 amide bonds. The minimum absolute atomic E-state index is 0.0350. The molecule has 0 atom stereocenters. The van der Waals surface area contributed by atoms with Crippen molar-refractivity contribution >= 4 is 23.4 Å². The Hall–Kier alpha value is -8.06. The summed E-state index contributed by atoms with van der Waals surface area (Å²) >= 11 is 0. The Morgan fingerprint density at radius 3 is 1.90 bits per heavy atom. The second kappa shape index (κ2) is 20.2. The van der Waals surface area contributed by atoms with Crippen LogP contribution in [0.15, 0.2) is 158 Å². The van der Waals surface area contributed by atoms with Crippen molar-refractivity contribution in [3.63, 3.8) is 0 Å². The first-order chi connectivity index (χ1) is 32.9. The highest BCUT2D eigenvalue weighted by atomic mass is 16.6. The molecule has 13 heteroatoms. The summed E-state index contributed by atoms with van der Waals surface area (Å²) in [6.45, 7) is 9.76. The van der Waals surface area contributed by atoms with Crippen molar-refractivity contribution in [1.29, 1.82) is 0 Å². The number of rotatable bonds is 16. The molecule has 2 heterocycles. The van der Waals surface area contributed by atoms with Gasteiger partial charge in [-0.15, -0.1) is 5.10 Å². The summed E-state index contributed by atoms with van der Waals surface area (Å²) in [6, 6.07) is 52.5. The number of imidazole rings is 1. The first-order valence-electron chi connectivity index (χ1n) is 22.8. The molecule has 2 aromatic heterocycles. The molecular formula is C55H56N8O5. The standard InChI is InChI=1S/C55H56N8O5/c1-7-20-49-57-47(37-67-43-33-34-46(56)48(35-43)61(6)53(65)68-54(3,4)5)50(52(64)66-8-2)62(49)36-38-29-31-39(32-30-38)44-27-18-19-28-45(44)51-58-59-60-63(51)55(40-21-12-9-13-22-40,41-23-14-10-15-24-41)42-25-16-11-17-26-42/h9-19,21-35H,7-8,20,36-37,56H2,1-6H3. The third-order valence-electron chi connectivity index (χ3n) is 11.6. The maximum atomic E-state index is 13.8. The number of nitrogens with two attached hydrogens (primary N) is 1. The van der Waals surface area contributed by atoms with E-state index in [9.17, 15) is 9.59 Å². The number of ether oxygens (including phenoxy) is 3. The van der Waals surface area contributed by atoms with Gasteiger partial charge in [0.15, 0.2) is 11.5 Å². The molecule has 8 aromatic rings. The highest BCUT2D eigenvalue weighted by Crippen LogP contribution is 2.43. The molecule has 68 heavy (non-hydrogen) atoms. The van der Waals surface area contributed by atoms with Gasteiger partial charge < -0.3 is 24.5 Å². The second-order valence-corrected chi connectivity index (χ2v) is 17.4. The van der Waals surface area contributed by atoms with Gasteiger partial charge in [0.05, 0.1) is 18.0 Å². The number of anilines is 2. The van der Waals surface area contributed by atoms with Crippen LogP contribution in [-0.4, -0.2) is 61.1 Å². The minimum atomic E-state index is -0.919. The predicted octanol–water partition coefficient (Wildman–Crippen LogP) is 10.8. The van der Waals surface area contributed by atoms with Gasteiger partial charge in [0.1, 0.15) is 35.0 Å². The molecular weight excluding hydrogens is 853 g/mol. The van der Waals surface area contributed by atoms with E-state index in [2.05, 4.69) is 84.9 Å². The van der Waals surface area contributed by atoms with E-state index < -0.39 is 23.2 Å². The fourth-order valence-corrected chi connectivity index (χ4v) is 8.54. The zero-order chi connectivity index (χ0) is 47.8. The molecule has 0 fully saturated rings. The lowest BCUT2D eigenvalue weighted by Gasteiger charge is -2.36. The van der Waals surface area contributed by atoms with E-state index in [1.165, 1.54) is 4.90 Å². The molecule has 0 unspecified atom stereocenters. The van der Waals surface area contributed by atoms with E-state index in [4.69, 9.17) is 35.2 Å². The second-order valence-electron chi connectivity index (χ2n) is 17.4. The quantitative estimate of drug-likeness (QED) is 0.0563. The molecule has 0 saturated heterocycles. The summed E-state index contributed by atoms with van der Waals surface area (Å²) < 4.78 is 21.3. The first kappa shape index (κ1) is 46.5. The van der Waals surface area contributed by atoms with Gasteiger partial charge >= 0.3 is 12.1 Å². The third kappa shape index (κ3) is 9.59. The number of tetrazole rings is 1. The molecule has 0 aliphatic carbocycles. The third-order valence-corrected chi connectivity index (χ3v) is 11.6. The van der Waals surface area contributed by atoms with E-state index in [0.29, 0.717) is 47.3 Å². The van der Waals surface area contributed by atoms with Crippen LogP contribution in [0.3, 0.4) is 0 Å². The Bertz CT molecular complexity index is 2890. The molecule has 13 nitrogen and oxygen atoms in total. The average molecular weight is 909 g/mol. The number of aromatic nitrogens is 6. The molecule has 8 rings (SSSR count). The molecule has 0 radical (unpaired) electrons. The lowest BCUT2D eigenvalue weighted by atomic mass is 9.77. The number of carbonyl (C=O) groups is 2. The Morgan fingerprint density at radius 1 is 0.735 bits per heavy atom. The van der Waals surface area contributed by atoms with E-state index in [-0.39, 0.29) is 13.2 Å². The molecule has 0 saturated carbocycles. The van der Waals surface area contributed by atoms with Crippen LogP contribution >= 0.6 is 0 Å². The van der Waals surface area contributed by atoms with Gasteiger partial charge in [-0.05, 0) is 90.1 Å². The van der Waals surface area contributed by atoms with Gasteiger partial charge in [-0.3, -0.25) is 4.90 Å². The predicted molar refractivity (Wildman–Crippen MR) is 264 cm³/mol. The zero-order valence-electron chi connectivity index (χ0n) is 39.3. The van der Waals surface area contributed by atoms with Crippen molar-refractivity contribution < 1.29 is 23.8 Å². The van der Waals surface area contributed by atoms with Crippen LogP contribution in [0, 0.1) is 0 Å². The lowest BCUT2D eigenvalue weighted by molar-refractivity contribution is 0.0509. The van der Waals surface area contributed by atoms with Crippen LogP contribution in [0.2, 0.25) is 0 Å². The van der Waals surface area contributed by atoms with Crippen LogP contribution in [0.25, 0.3) is 22.5 Å². The summed E-state index contributed by atoms with van der Waals surface area (Å²) in [6.07, 6.45) is 0.864. The van der Waals surface area contributed by atoms with Gasteiger partial charge in [0.25, 0.3) is 0 Å². The smallest absolute Gasteiger partial charge is 0.414 e. The number of benzene rings is 6. The van der Waals surface area contributed by atoms with E-state index in [1.54, 1.807) is 52.9 Å². The first-order valence-corrected chi connectivity index (χ1v) is 22.8. The minimum Gasteiger partial charge on any atom is -0.487 e. The molecule has 0 spiro atoms. The summed E-state index contributed by atoms with van der Waals surface area (Å²) in [5, 5.41) is 13.9. The maximum absolute atomic E-state index is 13.8. The van der Waals surface area contributed by atoms with Crippen LogP contribution in [0.4, 0.5) is 16.2 Å². The number of esters is 1. The Balaban J connectivity index is 1.13. The number of nitrogen functional groups attached to an aromatic ring is 1. The number of nitrogens with zero attached hydrogens (tertiary/aromatic N) is 7. The Morgan fingerprint density at radius 2 is 1.32 bits per heavy atom. The number of amides is 1. The summed E-state index contributed by atoms with van der Waals surface area (Å²) in [7, 11) is 1.59. The summed E-state index contributed by atoms with van der Waals surface area (Å²) in [5.41, 5.74) is 13.0. The van der Waals surface area contributed by atoms with Crippen molar-refractivity contribution in [2.45, 2.75) is 71.8 Å². The molecule has 346 valence electrons. The van der Waals surface area contributed by atoms with Gasteiger partial charge in [0, 0.05) is 31.6 Å². The highest BCUT2D eigenvalue weighted by molar-refractivity contribution is 5.92. The normalized spacial score (nSPS) is 11.6. The maximum Gasteiger partial charge on any atom is 0.414 e. The molecule has 0 aliphatic heterocycles. The van der Waals surface area contributed by atoms with Crippen molar-refractivity contribution in [3.8, 4) is 28.3 Å². The largest absolute Gasteiger partial charge is 0.487 e. The number of hydrogen-bond acceptors (Lipinski definition) is 10. The number of aryl methyl sites for hydroxylation is 1. The highest BCUT2D eigenvalue weighted by Gasteiger charge is 2.42. The van der Waals surface area contributed by atoms with Crippen LogP contribution in [0.5, 0.6) is 5.75 Å². The molecule has 0 bridgehead atoms. The van der Waals surface area contributed by atoms with Crippen molar-refractivity contribution in [3.05, 3.63) is 197 Å². The van der Waals surface area contributed by atoms with Crippen molar-refractivity contribution in [1.82, 2.24) is 29.8 Å². The topological polar surface area (TPSA) is 153 Å².